The van der Waals surface area contributed by atoms with Gasteiger partial charge in [0, 0.05) is 30.4 Å². The number of aliphatic carboxylic acids is 1. The van der Waals surface area contributed by atoms with Crippen LogP contribution < -0.4 is 10.1 Å². The Morgan fingerprint density at radius 2 is 1.69 bits per heavy atom. The summed E-state index contributed by atoms with van der Waals surface area (Å²) in [4.78, 5) is 24.3. The van der Waals surface area contributed by atoms with Crippen molar-refractivity contribution in [3.63, 3.8) is 0 Å². The number of carbonyl (C=O) groups is 1. The Morgan fingerprint density at radius 1 is 0.938 bits per heavy atom. The second-order valence-corrected chi connectivity index (χ2v) is 7.18. The minimum atomic E-state index is -0.940. The topological polar surface area (TPSA) is 97.2 Å². The van der Waals surface area contributed by atoms with Crippen LogP contribution in [0, 0.1) is 0 Å². The van der Waals surface area contributed by atoms with Crippen LogP contribution in [-0.4, -0.2) is 32.1 Å². The highest BCUT2D eigenvalue weighted by Gasteiger charge is 2.18. The molecular formula is C25H22N4O3. The van der Waals surface area contributed by atoms with E-state index in [2.05, 4.69) is 20.3 Å². The van der Waals surface area contributed by atoms with Gasteiger partial charge in [-0.15, -0.1) is 0 Å². The highest BCUT2D eigenvalue weighted by molar-refractivity contribution is 5.77. The predicted molar refractivity (Wildman–Crippen MR) is 121 cm³/mol. The van der Waals surface area contributed by atoms with Crippen molar-refractivity contribution < 1.29 is 14.6 Å². The third-order valence-electron chi connectivity index (χ3n) is 4.87. The Balaban J connectivity index is 1.43. The highest BCUT2D eigenvalue weighted by Crippen LogP contribution is 2.23. The molecule has 0 aliphatic heterocycles. The lowest BCUT2D eigenvalue weighted by atomic mass is 10.1. The zero-order chi connectivity index (χ0) is 22.2. The maximum atomic E-state index is 11.7. The lowest BCUT2D eigenvalue weighted by molar-refractivity contribution is -0.137. The molecule has 0 aliphatic rings. The second-order valence-electron chi connectivity index (χ2n) is 7.18. The van der Waals surface area contributed by atoms with Gasteiger partial charge in [0.25, 0.3) is 0 Å². The molecule has 1 atom stereocenters. The van der Waals surface area contributed by atoms with Crippen LogP contribution in [0.4, 0.5) is 5.82 Å². The number of nitrogens with one attached hydrogen (secondary N) is 1. The minimum Gasteiger partial charge on any atom is -0.489 e. The molecule has 0 saturated heterocycles. The van der Waals surface area contributed by atoms with Crippen LogP contribution in [-0.2, 0) is 17.8 Å². The van der Waals surface area contributed by atoms with Crippen molar-refractivity contribution in [1.82, 2.24) is 15.0 Å². The van der Waals surface area contributed by atoms with Crippen molar-refractivity contribution in [1.29, 1.82) is 0 Å². The summed E-state index contributed by atoms with van der Waals surface area (Å²) in [6, 6.07) is 21.8. The van der Waals surface area contributed by atoms with Gasteiger partial charge >= 0.3 is 5.97 Å². The zero-order valence-electron chi connectivity index (χ0n) is 17.3. The number of hydrogen-bond acceptors (Lipinski definition) is 6. The number of pyridine rings is 1. The van der Waals surface area contributed by atoms with E-state index in [9.17, 15) is 9.90 Å². The molecular weight excluding hydrogens is 404 g/mol. The number of rotatable bonds is 9. The average molecular weight is 426 g/mol. The lowest BCUT2D eigenvalue weighted by Gasteiger charge is -2.15. The van der Waals surface area contributed by atoms with Crippen LogP contribution >= 0.6 is 0 Å². The van der Waals surface area contributed by atoms with Crippen molar-refractivity contribution in [3.8, 4) is 17.0 Å². The highest BCUT2D eigenvalue weighted by atomic mass is 16.5. The molecule has 2 N–H and O–H groups in total. The van der Waals surface area contributed by atoms with E-state index in [1.807, 2.05) is 66.7 Å². The van der Waals surface area contributed by atoms with Crippen molar-refractivity contribution in [2.45, 2.75) is 19.1 Å². The normalized spacial score (nSPS) is 11.5. The van der Waals surface area contributed by atoms with Gasteiger partial charge in [-0.3, -0.25) is 4.98 Å². The summed E-state index contributed by atoms with van der Waals surface area (Å²) in [5.41, 5.74) is 3.54. The fourth-order valence-corrected chi connectivity index (χ4v) is 3.19. The summed E-state index contributed by atoms with van der Waals surface area (Å²) in [6.45, 7) is 0.460. The lowest BCUT2D eigenvalue weighted by Crippen LogP contribution is -2.31. The number of benzene rings is 2. The largest absolute Gasteiger partial charge is 0.489 e. The summed E-state index contributed by atoms with van der Waals surface area (Å²) < 4.78 is 5.80. The molecule has 2 aromatic heterocycles. The molecule has 160 valence electrons. The number of aromatic nitrogens is 3. The summed E-state index contributed by atoms with van der Waals surface area (Å²) in [6.07, 6.45) is 5.24. The van der Waals surface area contributed by atoms with Gasteiger partial charge in [-0.05, 0) is 47.5 Å². The molecule has 0 saturated carbocycles. The third-order valence-corrected chi connectivity index (χ3v) is 4.87. The fourth-order valence-electron chi connectivity index (χ4n) is 3.19. The van der Waals surface area contributed by atoms with Crippen LogP contribution in [0.25, 0.3) is 11.3 Å². The van der Waals surface area contributed by atoms with Gasteiger partial charge in [0.1, 0.15) is 30.5 Å². The van der Waals surface area contributed by atoms with Gasteiger partial charge < -0.3 is 15.2 Å². The van der Waals surface area contributed by atoms with Gasteiger partial charge in [-0.25, -0.2) is 14.8 Å². The number of ether oxygens (including phenoxy) is 1. The molecule has 0 radical (unpaired) electrons. The number of hydrogen-bond donors (Lipinski definition) is 2. The third kappa shape index (κ3) is 5.66. The Morgan fingerprint density at radius 3 is 2.41 bits per heavy atom. The molecule has 4 aromatic rings. The Labute approximate surface area is 185 Å². The van der Waals surface area contributed by atoms with E-state index in [0.717, 1.165) is 22.4 Å². The molecule has 4 rings (SSSR count). The SMILES string of the molecule is O=C(O)C(Cc1ccccc1)Nc1cc(-c2ccc(OCc3ccncc3)cc2)ncn1. The van der Waals surface area contributed by atoms with Crippen LogP contribution in [0.15, 0.2) is 91.5 Å². The first-order valence-corrected chi connectivity index (χ1v) is 10.1. The minimum absolute atomic E-state index is 0.346. The van der Waals surface area contributed by atoms with Crippen LogP contribution in [0.3, 0.4) is 0 Å². The van der Waals surface area contributed by atoms with Crippen LogP contribution in [0.1, 0.15) is 11.1 Å². The zero-order valence-corrected chi connectivity index (χ0v) is 17.3. The van der Waals surface area contributed by atoms with Crippen molar-refractivity contribution in [2.24, 2.45) is 0 Å². The van der Waals surface area contributed by atoms with Crippen molar-refractivity contribution >= 4 is 11.8 Å². The fraction of sp³-hybridized carbons (Fsp3) is 0.120. The molecule has 0 fully saturated rings. The van der Waals surface area contributed by atoms with E-state index in [1.54, 1.807) is 18.5 Å². The number of carboxylic acid groups (broad SMARTS) is 1. The first-order chi connectivity index (χ1) is 15.7. The van der Waals surface area contributed by atoms with E-state index in [4.69, 9.17) is 4.74 Å². The van der Waals surface area contributed by atoms with Gasteiger partial charge in [-0.2, -0.15) is 0 Å². The molecule has 2 heterocycles. The molecule has 7 nitrogen and oxygen atoms in total. The van der Waals surface area contributed by atoms with E-state index in [0.29, 0.717) is 24.5 Å². The quantitative estimate of drug-likeness (QED) is 0.413. The number of nitrogens with zero attached hydrogens (tertiary/aromatic N) is 3. The number of carboxylic acids is 1. The van der Waals surface area contributed by atoms with Gasteiger partial charge in [-0.1, -0.05) is 30.3 Å². The molecule has 0 spiro atoms. The summed E-state index contributed by atoms with van der Waals surface area (Å²) in [5.74, 6) is 0.257. The summed E-state index contributed by atoms with van der Waals surface area (Å²) >= 11 is 0. The number of anilines is 1. The van der Waals surface area contributed by atoms with Crippen molar-refractivity contribution in [2.75, 3.05) is 5.32 Å². The predicted octanol–water partition coefficient (Wildman–Crippen LogP) is 4.23. The summed E-state index contributed by atoms with van der Waals surface area (Å²) in [7, 11) is 0. The van der Waals surface area contributed by atoms with Gasteiger partial charge in [0.15, 0.2) is 0 Å². The van der Waals surface area contributed by atoms with Crippen molar-refractivity contribution in [3.05, 3.63) is 103 Å². The molecule has 0 bridgehead atoms. The molecule has 1 unspecified atom stereocenters. The second kappa shape index (κ2) is 10.2. The van der Waals surface area contributed by atoms with E-state index in [-0.39, 0.29) is 0 Å². The average Bonchev–Trinajstić information content (AvgIpc) is 2.84. The smallest absolute Gasteiger partial charge is 0.326 e. The van der Waals surface area contributed by atoms with Gasteiger partial charge in [0.2, 0.25) is 0 Å². The molecule has 32 heavy (non-hydrogen) atoms. The van der Waals surface area contributed by atoms with E-state index in [1.165, 1.54) is 6.33 Å². The van der Waals surface area contributed by atoms with E-state index >= 15 is 0 Å². The molecule has 0 amide bonds. The van der Waals surface area contributed by atoms with Crippen LogP contribution in [0.2, 0.25) is 0 Å². The van der Waals surface area contributed by atoms with E-state index < -0.39 is 12.0 Å². The van der Waals surface area contributed by atoms with Gasteiger partial charge in [0.05, 0.1) is 5.69 Å². The first kappa shape index (κ1) is 21.0. The van der Waals surface area contributed by atoms with Crippen LogP contribution in [0.5, 0.6) is 5.75 Å². The summed E-state index contributed by atoms with van der Waals surface area (Å²) in [5, 5.41) is 12.6. The monoisotopic (exact) mass is 426 g/mol. The standard InChI is InChI=1S/C25H22N4O3/c30-25(31)23(14-18-4-2-1-3-5-18)29-24-15-22(27-17-28-24)20-6-8-21(9-7-20)32-16-19-10-12-26-13-11-19/h1-13,15,17,23H,14,16H2,(H,30,31)(H,27,28,29). The molecule has 2 aromatic carbocycles. The Kier molecular flexibility index (Phi) is 6.67. The maximum Gasteiger partial charge on any atom is 0.326 e. The first-order valence-electron chi connectivity index (χ1n) is 10.1. The maximum absolute atomic E-state index is 11.7. The Bertz CT molecular complexity index is 1150. The Hall–Kier alpha value is -4.26. The molecule has 7 heteroatoms. The molecule has 0 aliphatic carbocycles.